The van der Waals surface area contributed by atoms with Crippen LogP contribution in [-0.4, -0.2) is 24.0 Å². The van der Waals surface area contributed by atoms with Gasteiger partial charge in [0.25, 0.3) is 0 Å². The molecule has 1 aliphatic rings. The lowest BCUT2D eigenvalue weighted by atomic mass is 9.97. The van der Waals surface area contributed by atoms with E-state index >= 15 is 0 Å². The summed E-state index contributed by atoms with van der Waals surface area (Å²) in [5, 5.41) is 20.4. The summed E-state index contributed by atoms with van der Waals surface area (Å²) in [5.74, 6) is 0.0276. The predicted molar refractivity (Wildman–Crippen MR) is 126 cm³/mol. The molecule has 0 fully saturated rings. The Morgan fingerprint density at radius 2 is 1.97 bits per heavy atom. The normalized spacial score (nSPS) is 15.0. The van der Waals surface area contributed by atoms with Gasteiger partial charge in [-0.05, 0) is 43.3 Å². The number of aryl methyl sites for hydroxylation is 1. The summed E-state index contributed by atoms with van der Waals surface area (Å²) >= 11 is 3.48. The van der Waals surface area contributed by atoms with Crippen LogP contribution in [-0.2, 0) is 0 Å². The van der Waals surface area contributed by atoms with Crippen molar-refractivity contribution >= 4 is 27.3 Å². The molecule has 4 rings (SSSR count). The maximum absolute atomic E-state index is 13.5. The highest BCUT2D eigenvalue weighted by atomic mass is 79.9. The fraction of sp³-hybridized carbons (Fsp3) is 0.208. The Bertz CT molecular complexity index is 1360. The van der Waals surface area contributed by atoms with Gasteiger partial charge in [-0.3, -0.25) is 0 Å². The van der Waals surface area contributed by atoms with Crippen molar-refractivity contribution in [2.45, 2.75) is 20.1 Å². The number of alkyl halides is 2. The number of fused-ring (bicyclic) bond motifs is 1. The fourth-order valence-corrected chi connectivity index (χ4v) is 3.84. The van der Waals surface area contributed by atoms with Crippen LogP contribution in [0.2, 0.25) is 0 Å². The number of oxazole rings is 1. The number of nitriles is 1. The third-order valence-corrected chi connectivity index (χ3v) is 5.65. The van der Waals surface area contributed by atoms with E-state index in [0.717, 1.165) is 4.47 Å². The van der Waals surface area contributed by atoms with Gasteiger partial charge in [0.05, 0.1) is 17.7 Å². The minimum absolute atomic E-state index is 0.0656. The molecule has 2 heterocycles. The van der Waals surface area contributed by atoms with Crippen LogP contribution in [0.15, 0.2) is 51.4 Å². The molecule has 1 unspecified atom stereocenters. The number of hydrogen-bond donors (Lipinski definition) is 2. The molecule has 1 aromatic heterocycles. The molecule has 174 valence electrons. The Morgan fingerprint density at radius 1 is 1.24 bits per heavy atom. The van der Waals surface area contributed by atoms with Crippen LogP contribution in [0.5, 0.6) is 11.5 Å². The van der Waals surface area contributed by atoms with Crippen molar-refractivity contribution in [1.82, 2.24) is 10.3 Å². The van der Waals surface area contributed by atoms with Crippen LogP contribution in [0.4, 0.5) is 8.78 Å². The second kappa shape index (κ2) is 8.91. The minimum atomic E-state index is -3.72. The Labute approximate surface area is 202 Å². The summed E-state index contributed by atoms with van der Waals surface area (Å²) in [6, 6.07) is 12.0. The molecule has 0 saturated carbocycles. The average Bonchev–Trinajstić information content (AvgIpc) is 3.33. The number of hydrogen-bond acceptors (Lipinski definition) is 7. The zero-order valence-electron chi connectivity index (χ0n) is 18.4. The molecule has 0 amide bonds. The van der Waals surface area contributed by atoms with E-state index < -0.39 is 12.2 Å². The standard InChI is InChI=1S/C24H19BrF2N4O3/c1-12(11-28)18(29)10-19(30-3)16-6-5-15(25)9-17(16)23-22(31-13(2)32-23)14-4-7-20-21(8-14)34-24(26,27)33-20/h4-10,12,29-30H,1-3H3/b19-10-,29-18?. The van der Waals surface area contributed by atoms with Crippen molar-refractivity contribution in [3.63, 3.8) is 0 Å². The number of benzene rings is 2. The second-order valence-electron chi connectivity index (χ2n) is 7.54. The van der Waals surface area contributed by atoms with E-state index in [0.29, 0.717) is 39.7 Å². The van der Waals surface area contributed by atoms with Gasteiger partial charge in [0, 0.05) is 40.8 Å². The SMILES string of the molecule is CN/C(=C\C(=N)C(C)C#N)c1ccc(Br)cc1-c1oc(C)nc1-c1ccc2c(c1)OC(F)(F)O2. The number of rotatable bonds is 6. The molecule has 0 spiro atoms. The Hall–Kier alpha value is -3.71. The highest BCUT2D eigenvalue weighted by Crippen LogP contribution is 2.45. The predicted octanol–water partition coefficient (Wildman–Crippen LogP) is 6.14. The zero-order chi connectivity index (χ0) is 24.6. The van der Waals surface area contributed by atoms with E-state index in [4.69, 9.17) is 15.1 Å². The van der Waals surface area contributed by atoms with E-state index in [1.165, 1.54) is 12.1 Å². The third-order valence-electron chi connectivity index (χ3n) is 5.15. The second-order valence-corrected chi connectivity index (χ2v) is 8.46. The first-order valence-electron chi connectivity index (χ1n) is 10.2. The molecular formula is C24H19BrF2N4O3. The molecule has 34 heavy (non-hydrogen) atoms. The number of nitrogens with one attached hydrogen (secondary N) is 2. The van der Waals surface area contributed by atoms with Crippen molar-refractivity contribution in [2.24, 2.45) is 5.92 Å². The van der Waals surface area contributed by atoms with Gasteiger partial charge in [-0.25, -0.2) is 4.98 Å². The van der Waals surface area contributed by atoms with Gasteiger partial charge in [0.15, 0.2) is 23.1 Å². The molecule has 7 nitrogen and oxygen atoms in total. The first-order chi connectivity index (χ1) is 16.1. The largest absolute Gasteiger partial charge is 0.586 e. The summed E-state index contributed by atoms with van der Waals surface area (Å²) < 4.78 is 42.8. The lowest BCUT2D eigenvalue weighted by molar-refractivity contribution is -0.286. The highest BCUT2D eigenvalue weighted by molar-refractivity contribution is 9.10. The Kier molecular flexibility index (Phi) is 6.15. The maximum Gasteiger partial charge on any atom is 0.586 e. The van der Waals surface area contributed by atoms with Crippen molar-refractivity contribution in [3.05, 3.63) is 58.4 Å². The smallest absolute Gasteiger partial charge is 0.440 e. The van der Waals surface area contributed by atoms with Gasteiger partial charge in [0.2, 0.25) is 0 Å². The first kappa shape index (κ1) is 23.4. The number of nitrogens with zero attached hydrogens (tertiary/aromatic N) is 2. The number of ether oxygens (including phenoxy) is 2. The van der Waals surface area contributed by atoms with E-state index in [9.17, 15) is 8.78 Å². The molecule has 2 aromatic carbocycles. The topological polar surface area (TPSA) is 104 Å². The van der Waals surface area contributed by atoms with E-state index in [2.05, 4.69) is 41.8 Å². The molecule has 3 aromatic rings. The summed E-state index contributed by atoms with van der Waals surface area (Å²) in [4.78, 5) is 4.49. The molecule has 2 N–H and O–H groups in total. The van der Waals surface area contributed by atoms with Crippen molar-refractivity contribution in [1.29, 1.82) is 10.7 Å². The number of halogens is 3. The fourth-order valence-electron chi connectivity index (χ4n) is 3.48. The molecule has 0 aliphatic carbocycles. The minimum Gasteiger partial charge on any atom is -0.440 e. The third kappa shape index (κ3) is 4.52. The molecule has 0 radical (unpaired) electrons. The number of aromatic nitrogens is 1. The van der Waals surface area contributed by atoms with E-state index in [-0.39, 0.29) is 17.2 Å². The molecule has 1 aliphatic heterocycles. The van der Waals surface area contributed by atoms with Gasteiger partial charge >= 0.3 is 6.29 Å². The van der Waals surface area contributed by atoms with Gasteiger partial charge in [-0.2, -0.15) is 5.26 Å². The summed E-state index contributed by atoms with van der Waals surface area (Å²) in [7, 11) is 1.71. The van der Waals surface area contributed by atoms with Crippen LogP contribution in [0, 0.1) is 29.6 Å². The summed E-state index contributed by atoms with van der Waals surface area (Å²) in [6.45, 7) is 3.33. The molecule has 0 saturated heterocycles. The number of allylic oxidation sites excluding steroid dienone is 1. The first-order valence-corrected chi connectivity index (χ1v) is 11.0. The molecule has 1 atom stereocenters. The maximum atomic E-state index is 13.5. The zero-order valence-corrected chi connectivity index (χ0v) is 20.0. The quantitative estimate of drug-likeness (QED) is 0.372. The van der Waals surface area contributed by atoms with Crippen LogP contribution in [0.25, 0.3) is 28.3 Å². The lowest BCUT2D eigenvalue weighted by Crippen LogP contribution is -2.25. The van der Waals surface area contributed by atoms with Crippen LogP contribution in [0.3, 0.4) is 0 Å². The lowest BCUT2D eigenvalue weighted by Gasteiger charge is -2.14. The Morgan fingerprint density at radius 3 is 2.68 bits per heavy atom. The highest BCUT2D eigenvalue weighted by Gasteiger charge is 2.43. The Balaban J connectivity index is 1.86. The summed E-state index contributed by atoms with van der Waals surface area (Å²) in [5.41, 5.74) is 3.01. The van der Waals surface area contributed by atoms with Crippen molar-refractivity contribution < 1.29 is 22.7 Å². The van der Waals surface area contributed by atoms with E-state index in [1.54, 1.807) is 33.0 Å². The van der Waals surface area contributed by atoms with E-state index in [1.807, 2.05) is 18.2 Å². The molecule has 10 heteroatoms. The molecular weight excluding hydrogens is 510 g/mol. The van der Waals surface area contributed by atoms with Crippen LogP contribution in [0.1, 0.15) is 18.4 Å². The molecule has 0 bridgehead atoms. The average molecular weight is 529 g/mol. The van der Waals surface area contributed by atoms with Gasteiger partial charge in [-0.15, -0.1) is 8.78 Å². The van der Waals surface area contributed by atoms with Crippen LogP contribution < -0.4 is 14.8 Å². The van der Waals surface area contributed by atoms with Gasteiger partial charge < -0.3 is 24.6 Å². The van der Waals surface area contributed by atoms with Gasteiger partial charge in [-0.1, -0.05) is 22.0 Å². The summed E-state index contributed by atoms with van der Waals surface area (Å²) in [6.07, 6.45) is -2.13. The monoisotopic (exact) mass is 528 g/mol. The van der Waals surface area contributed by atoms with Crippen molar-refractivity contribution in [2.75, 3.05) is 7.05 Å². The van der Waals surface area contributed by atoms with Crippen molar-refractivity contribution in [3.8, 4) is 40.1 Å². The van der Waals surface area contributed by atoms with Crippen LogP contribution >= 0.6 is 15.9 Å². The van der Waals surface area contributed by atoms with Gasteiger partial charge in [0.1, 0.15) is 5.69 Å².